The summed E-state index contributed by atoms with van der Waals surface area (Å²) >= 11 is 0. The Morgan fingerprint density at radius 2 is 1.16 bits per heavy atom. The predicted molar refractivity (Wildman–Crippen MR) is 305 cm³/mol. The molecule has 4 heterocycles. The Morgan fingerprint density at radius 1 is 0.562 bits per heavy atom. The molecule has 0 saturated carbocycles. The van der Waals surface area contributed by atoms with Gasteiger partial charge >= 0.3 is 0 Å². The van der Waals surface area contributed by atoms with Gasteiger partial charge in [-0.1, -0.05) is 188 Å². The molecule has 11 rings (SSSR count). The van der Waals surface area contributed by atoms with E-state index in [1.807, 2.05) is 42.6 Å². The number of hydrogen-bond donors (Lipinski definition) is 0. The molecule has 0 saturated heterocycles. The van der Waals surface area contributed by atoms with E-state index in [9.17, 15) is 0 Å². The van der Waals surface area contributed by atoms with E-state index in [1.54, 1.807) is 0 Å². The summed E-state index contributed by atoms with van der Waals surface area (Å²) in [6, 6.07) is 68.6. The van der Waals surface area contributed by atoms with Crippen molar-refractivity contribution in [1.29, 1.82) is 0 Å². The van der Waals surface area contributed by atoms with Gasteiger partial charge in [0.05, 0.1) is 25.0 Å². The Kier molecular flexibility index (Phi) is 14.5. The molecule has 0 aliphatic carbocycles. The largest absolute Gasteiger partial charge is 0.501 e. The molecule has 11 aromatic rings. The number of nitrogens with zero attached hydrogens (tertiary/aromatic N) is 4. The molecule has 0 fully saturated rings. The van der Waals surface area contributed by atoms with Crippen LogP contribution < -0.4 is 5.19 Å². The Morgan fingerprint density at radius 3 is 1.74 bits per heavy atom. The summed E-state index contributed by atoms with van der Waals surface area (Å²) in [6.07, 6.45) is 2.02. The van der Waals surface area contributed by atoms with Crippen molar-refractivity contribution < 1.29 is 24.5 Å². The van der Waals surface area contributed by atoms with E-state index in [-0.39, 0.29) is 37.4 Å². The Balaban J connectivity index is 0.000000329. The maximum atomic E-state index is 6.89. The summed E-state index contributed by atoms with van der Waals surface area (Å²) in [7, 11) is -1.23. The van der Waals surface area contributed by atoms with Gasteiger partial charge in [0.1, 0.15) is 5.58 Å². The summed E-state index contributed by atoms with van der Waals surface area (Å²) < 4.78 is 9.19. The zero-order valence-corrected chi connectivity index (χ0v) is 46.9. The van der Waals surface area contributed by atoms with Crippen LogP contribution in [0.4, 0.5) is 0 Å². The molecule has 0 bridgehead atoms. The Labute approximate surface area is 445 Å². The number of aromatic nitrogens is 4. The first-order valence-corrected chi connectivity index (χ1v) is 28.7. The van der Waals surface area contributed by atoms with E-state index in [4.69, 9.17) is 14.4 Å². The van der Waals surface area contributed by atoms with Gasteiger partial charge < -0.3 is 14.0 Å². The van der Waals surface area contributed by atoms with Crippen molar-refractivity contribution in [3.63, 3.8) is 0 Å². The zero-order valence-electron chi connectivity index (χ0n) is 43.5. The molecule has 0 aliphatic heterocycles. The summed E-state index contributed by atoms with van der Waals surface area (Å²) in [5, 5.41) is 3.50. The molecule has 0 N–H and O–H groups in total. The van der Waals surface area contributed by atoms with E-state index in [1.165, 1.54) is 38.6 Å². The zero-order chi connectivity index (χ0) is 50.3. The first-order valence-electron chi connectivity index (χ1n) is 25.2. The van der Waals surface area contributed by atoms with Gasteiger partial charge in [-0.3, -0.25) is 4.98 Å². The molecule has 5 nitrogen and oxygen atoms in total. The Hall–Kier alpha value is -7.02. The third-order valence-electron chi connectivity index (χ3n) is 13.6. The number of imidazole rings is 1. The molecular weight excluding hydrogens is 1090 g/mol. The summed E-state index contributed by atoms with van der Waals surface area (Å²) in [5.41, 5.74) is 17.7. The van der Waals surface area contributed by atoms with Crippen LogP contribution in [-0.2, 0) is 25.5 Å². The SMILES string of the molecule is CC(C)c1cc(-c2ccccc2)cc(C(C)C)c1-n1c(-c2[c-]ccc3c2oc2cc(-c4ccc(-c5ccccc5)cc4)ccc23)nc2ccc(C(C)(C)C)nc21.C[Si](C)(C)c1ccc(-c2[c-]cccc2)nc1.[Ir]. The van der Waals surface area contributed by atoms with Gasteiger partial charge in [-0.05, 0) is 97.6 Å². The van der Waals surface area contributed by atoms with Crippen LogP contribution in [0.5, 0.6) is 0 Å². The van der Waals surface area contributed by atoms with Crippen molar-refractivity contribution in [2.24, 2.45) is 0 Å². The van der Waals surface area contributed by atoms with E-state index in [0.29, 0.717) is 0 Å². The molecule has 4 aromatic heterocycles. The van der Waals surface area contributed by atoms with Crippen LogP contribution in [0, 0.1) is 12.1 Å². The van der Waals surface area contributed by atoms with Crippen molar-refractivity contribution in [1.82, 2.24) is 19.5 Å². The number of pyridine rings is 2. The van der Waals surface area contributed by atoms with Crippen LogP contribution in [0.15, 0.2) is 187 Å². The molecule has 73 heavy (non-hydrogen) atoms. The van der Waals surface area contributed by atoms with Gasteiger partial charge in [-0.2, -0.15) is 0 Å². The smallest absolute Gasteiger partial charge is 0.155 e. The molecule has 0 amide bonds. The monoisotopic (exact) mass is 1150 g/mol. The van der Waals surface area contributed by atoms with Crippen molar-refractivity contribution in [2.75, 3.05) is 0 Å². The molecule has 0 spiro atoms. The fraction of sp³-hybridized carbons (Fsp3) is 0.197. The van der Waals surface area contributed by atoms with Gasteiger partial charge in [0, 0.05) is 48.5 Å². The number of benzene rings is 7. The van der Waals surface area contributed by atoms with Crippen LogP contribution in [0.25, 0.3) is 94.8 Å². The second-order valence-corrected chi connectivity index (χ2v) is 26.6. The molecular formula is C66H62IrN4OSi-2. The van der Waals surface area contributed by atoms with Gasteiger partial charge in [0.15, 0.2) is 5.65 Å². The van der Waals surface area contributed by atoms with Crippen molar-refractivity contribution in [2.45, 2.75) is 85.4 Å². The molecule has 0 unspecified atom stereocenters. The van der Waals surface area contributed by atoms with Crippen LogP contribution in [0.2, 0.25) is 19.6 Å². The second kappa shape index (κ2) is 20.8. The van der Waals surface area contributed by atoms with Crippen molar-refractivity contribution in [3.05, 3.63) is 211 Å². The summed E-state index contributed by atoms with van der Waals surface area (Å²) in [5.74, 6) is 1.23. The van der Waals surface area contributed by atoms with E-state index >= 15 is 0 Å². The second-order valence-electron chi connectivity index (χ2n) is 21.5. The molecule has 7 aromatic carbocycles. The predicted octanol–water partition coefficient (Wildman–Crippen LogP) is 17.4. The Bertz CT molecular complexity index is 3650. The van der Waals surface area contributed by atoms with Crippen LogP contribution in [0.1, 0.15) is 77.1 Å². The molecule has 367 valence electrons. The van der Waals surface area contributed by atoms with Crippen LogP contribution in [-0.4, -0.2) is 27.6 Å². The fourth-order valence-electron chi connectivity index (χ4n) is 9.49. The maximum absolute atomic E-state index is 6.89. The van der Waals surface area contributed by atoms with Crippen LogP contribution >= 0.6 is 0 Å². The van der Waals surface area contributed by atoms with Crippen molar-refractivity contribution >= 4 is 46.4 Å². The first kappa shape index (κ1) is 50.9. The molecule has 0 atom stereocenters. The minimum absolute atomic E-state index is 0. The number of furan rings is 1. The number of rotatable bonds is 9. The topological polar surface area (TPSA) is 56.7 Å². The third-order valence-corrected chi connectivity index (χ3v) is 15.6. The summed E-state index contributed by atoms with van der Waals surface area (Å²) in [4.78, 5) is 15.3. The molecule has 0 aliphatic rings. The quantitative estimate of drug-likeness (QED) is 0.107. The van der Waals surface area contributed by atoms with Gasteiger partial charge in [0.2, 0.25) is 0 Å². The average molecular weight is 1150 g/mol. The number of fused-ring (bicyclic) bond motifs is 4. The van der Waals surface area contributed by atoms with E-state index < -0.39 is 8.07 Å². The standard InChI is InChI=1S/C52H46N3O.C14H16NSi.Ir/c1-32(2)43-29-39(35-17-12-9-13-18-35)30-44(33(3)4)48(43)55-50(53-45-27-28-47(52(5,6)7)54-51(45)55)42-20-14-19-41-40-26-25-38(31-46(40)56-49(41)42)37-23-21-36(22-24-37)34-15-10-8-11-16-34;1-16(2,3)13-9-10-14(15-11-13)12-7-5-4-6-8-12;/h8-19,21-33H,1-7H3;4-7,9-11H,1-3H3;/q2*-1;. The minimum atomic E-state index is -1.23. The fourth-order valence-corrected chi connectivity index (χ4v) is 10.5. The first-order chi connectivity index (χ1) is 34.6. The molecule has 7 heteroatoms. The van der Waals surface area contributed by atoms with Crippen LogP contribution in [0.3, 0.4) is 0 Å². The third kappa shape index (κ3) is 10.5. The normalized spacial score (nSPS) is 11.8. The van der Waals surface area contributed by atoms with E-state index in [2.05, 4.69) is 229 Å². The van der Waals surface area contributed by atoms with Gasteiger partial charge in [-0.15, -0.1) is 54.1 Å². The number of hydrogen-bond acceptors (Lipinski definition) is 4. The molecule has 1 radical (unpaired) electrons. The van der Waals surface area contributed by atoms with Gasteiger partial charge in [0.25, 0.3) is 0 Å². The van der Waals surface area contributed by atoms with Crippen molar-refractivity contribution in [3.8, 4) is 61.7 Å². The average Bonchev–Trinajstić information content (AvgIpc) is 3.97. The minimum Gasteiger partial charge on any atom is -0.501 e. The maximum Gasteiger partial charge on any atom is 0.155 e. The van der Waals surface area contributed by atoms with E-state index in [0.717, 1.165) is 78.3 Å². The summed E-state index contributed by atoms with van der Waals surface area (Å²) in [6.45, 7) is 22.8. The van der Waals surface area contributed by atoms with Gasteiger partial charge in [-0.25, -0.2) is 4.98 Å².